The molecule has 0 saturated carbocycles. The Hall–Kier alpha value is -4.40. The summed E-state index contributed by atoms with van der Waals surface area (Å²) >= 11 is 0. The molecule has 0 radical (unpaired) electrons. The van der Waals surface area contributed by atoms with Gasteiger partial charge < -0.3 is 13.6 Å². The van der Waals surface area contributed by atoms with Crippen LogP contribution in [0.15, 0.2) is 68.5 Å². The highest BCUT2D eigenvalue weighted by Crippen LogP contribution is 2.31. The van der Waals surface area contributed by atoms with Gasteiger partial charge in [0.1, 0.15) is 11.5 Å². The molecule has 2 aromatic heterocycles. The molecular formula is C22H17N3O6. The van der Waals surface area contributed by atoms with Crippen molar-refractivity contribution < 1.29 is 23.3 Å². The molecule has 2 heterocycles. The summed E-state index contributed by atoms with van der Waals surface area (Å²) in [6.45, 7) is 1.66. The number of methoxy groups -OCH3 is 1. The van der Waals surface area contributed by atoms with E-state index in [-0.39, 0.29) is 11.4 Å². The number of nitro groups is 1. The number of carbonyl (C=O) groups excluding carboxylic acids is 1. The average Bonchev–Trinajstić information content (AvgIpc) is 3.40. The van der Waals surface area contributed by atoms with Gasteiger partial charge >= 0.3 is 5.91 Å². The van der Waals surface area contributed by atoms with E-state index in [0.29, 0.717) is 34.0 Å². The van der Waals surface area contributed by atoms with Crippen LogP contribution < -0.4 is 10.2 Å². The molecule has 0 aliphatic rings. The number of amides is 1. The van der Waals surface area contributed by atoms with Crippen LogP contribution in [0.2, 0.25) is 0 Å². The molecule has 4 rings (SSSR count). The van der Waals surface area contributed by atoms with Crippen LogP contribution >= 0.6 is 0 Å². The first-order valence-electron chi connectivity index (χ1n) is 9.22. The summed E-state index contributed by atoms with van der Waals surface area (Å²) in [5.74, 6) is 0.908. The minimum atomic E-state index is -0.532. The van der Waals surface area contributed by atoms with Gasteiger partial charge in [-0.2, -0.15) is 5.10 Å². The van der Waals surface area contributed by atoms with Gasteiger partial charge in [-0.1, -0.05) is 24.3 Å². The minimum absolute atomic E-state index is 0.0128. The highest BCUT2D eigenvalue weighted by Gasteiger charge is 2.17. The van der Waals surface area contributed by atoms with Crippen molar-refractivity contribution >= 4 is 28.8 Å². The Balaban J connectivity index is 1.48. The maximum absolute atomic E-state index is 12.3. The SMILES string of the molecule is COc1cccc2cc(C(=O)N/N=C\c3ccc(-c4cccc([N+](=O)[O-])c4C)o3)oc12. The molecule has 0 fully saturated rings. The molecule has 0 unspecified atom stereocenters. The maximum Gasteiger partial charge on any atom is 0.307 e. The number of nitrogens with zero attached hydrogens (tertiary/aromatic N) is 2. The lowest BCUT2D eigenvalue weighted by molar-refractivity contribution is -0.385. The Bertz CT molecular complexity index is 1320. The summed E-state index contributed by atoms with van der Waals surface area (Å²) in [4.78, 5) is 23.0. The molecule has 0 spiro atoms. The summed E-state index contributed by atoms with van der Waals surface area (Å²) in [6, 6.07) is 15.0. The topological polar surface area (TPSA) is 120 Å². The molecule has 0 saturated heterocycles. The summed E-state index contributed by atoms with van der Waals surface area (Å²) in [6.07, 6.45) is 1.33. The zero-order valence-electron chi connectivity index (χ0n) is 16.6. The van der Waals surface area contributed by atoms with E-state index < -0.39 is 10.8 Å². The highest BCUT2D eigenvalue weighted by atomic mass is 16.6. The second-order valence-electron chi connectivity index (χ2n) is 6.60. The third-order valence-corrected chi connectivity index (χ3v) is 4.70. The van der Waals surface area contributed by atoms with Gasteiger partial charge in [0.15, 0.2) is 17.1 Å². The molecule has 1 N–H and O–H groups in total. The Kier molecular flexibility index (Phi) is 5.23. The smallest absolute Gasteiger partial charge is 0.307 e. The Morgan fingerprint density at radius 1 is 1.16 bits per heavy atom. The van der Waals surface area contributed by atoms with Gasteiger partial charge in [0.05, 0.1) is 18.2 Å². The fraction of sp³-hybridized carbons (Fsp3) is 0.0909. The van der Waals surface area contributed by atoms with Crippen LogP contribution in [0.5, 0.6) is 5.75 Å². The third-order valence-electron chi connectivity index (χ3n) is 4.70. The van der Waals surface area contributed by atoms with Crippen LogP contribution in [-0.4, -0.2) is 24.2 Å². The zero-order valence-corrected chi connectivity index (χ0v) is 16.6. The second kappa shape index (κ2) is 8.15. The molecule has 4 aromatic rings. The van der Waals surface area contributed by atoms with Crippen molar-refractivity contribution in [3.8, 4) is 17.1 Å². The van der Waals surface area contributed by atoms with Gasteiger partial charge in [-0.3, -0.25) is 14.9 Å². The van der Waals surface area contributed by atoms with E-state index in [1.54, 1.807) is 49.4 Å². The van der Waals surface area contributed by atoms with E-state index in [4.69, 9.17) is 13.6 Å². The number of furan rings is 2. The number of para-hydroxylation sites is 1. The van der Waals surface area contributed by atoms with Crippen molar-refractivity contribution in [2.75, 3.05) is 7.11 Å². The first-order valence-corrected chi connectivity index (χ1v) is 9.22. The molecule has 0 aliphatic carbocycles. The summed E-state index contributed by atoms with van der Waals surface area (Å²) in [5, 5.41) is 15.7. The lowest BCUT2D eigenvalue weighted by Crippen LogP contribution is -2.16. The molecule has 0 atom stereocenters. The van der Waals surface area contributed by atoms with Crippen LogP contribution in [0.1, 0.15) is 21.9 Å². The van der Waals surface area contributed by atoms with Crippen molar-refractivity contribution in [1.82, 2.24) is 5.43 Å². The first-order chi connectivity index (χ1) is 15.0. The summed E-state index contributed by atoms with van der Waals surface area (Å²) < 4.78 is 16.5. The first kappa shape index (κ1) is 19.9. The number of fused-ring (bicyclic) bond motifs is 1. The van der Waals surface area contributed by atoms with E-state index in [9.17, 15) is 14.9 Å². The quantitative estimate of drug-likeness (QED) is 0.275. The monoisotopic (exact) mass is 419 g/mol. The largest absolute Gasteiger partial charge is 0.493 e. The van der Waals surface area contributed by atoms with Crippen LogP contribution in [-0.2, 0) is 0 Å². The minimum Gasteiger partial charge on any atom is -0.493 e. The number of nitro benzene ring substituents is 1. The van der Waals surface area contributed by atoms with E-state index in [2.05, 4.69) is 10.5 Å². The lowest BCUT2D eigenvalue weighted by Gasteiger charge is -2.02. The van der Waals surface area contributed by atoms with Crippen LogP contribution in [0.4, 0.5) is 5.69 Å². The van der Waals surface area contributed by atoms with E-state index in [1.165, 1.54) is 19.4 Å². The van der Waals surface area contributed by atoms with Crippen molar-refractivity contribution in [2.24, 2.45) is 5.10 Å². The molecular weight excluding hydrogens is 402 g/mol. The van der Waals surface area contributed by atoms with E-state index >= 15 is 0 Å². The molecule has 9 heteroatoms. The van der Waals surface area contributed by atoms with Crippen molar-refractivity contribution in [1.29, 1.82) is 0 Å². The third kappa shape index (κ3) is 3.88. The van der Waals surface area contributed by atoms with Gasteiger partial charge in [-0.15, -0.1) is 0 Å². The van der Waals surface area contributed by atoms with Gasteiger partial charge in [0.2, 0.25) is 0 Å². The second-order valence-corrected chi connectivity index (χ2v) is 6.60. The van der Waals surface area contributed by atoms with Crippen molar-refractivity contribution in [2.45, 2.75) is 6.92 Å². The lowest BCUT2D eigenvalue weighted by atomic mass is 10.1. The number of nitrogens with one attached hydrogen (secondary N) is 1. The molecule has 0 aliphatic heterocycles. The average molecular weight is 419 g/mol. The molecule has 31 heavy (non-hydrogen) atoms. The number of hydrogen-bond acceptors (Lipinski definition) is 7. The van der Waals surface area contributed by atoms with Crippen LogP contribution in [0.25, 0.3) is 22.3 Å². The molecule has 0 bridgehead atoms. The standard InChI is InChI=1S/C22H17N3O6/c1-13-16(6-4-7-17(13)25(27)28)18-10-9-15(30-18)12-23-24-22(26)20-11-14-5-3-8-19(29-2)21(14)31-20/h3-12H,1-2H3,(H,24,26)/b23-12-. The maximum atomic E-state index is 12.3. The Morgan fingerprint density at radius 3 is 2.74 bits per heavy atom. The van der Waals surface area contributed by atoms with Crippen molar-refractivity contribution in [3.63, 3.8) is 0 Å². The van der Waals surface area contributed by atoms with E-state index in [1.807, 2.05) is 6.07 Å². The molecule has 2 aromatic carbocycles. The zero-order chi connectivity index (χ0) is 22.0. The number of ether oxygens (including phenoxy) is 1. The normalized spacial score (nSPS) is 11.2. The number of hydrazone groups is 1. The summed E-state index contributed by atoms with van der Waals surface area (Å²) in [5.41, 5.74) is 3.97. The Morgan fingerprint density at radius 2 is 1.97 bits per heavy atom. The fourth-order valence-corrected chi connectivity index (χ4v) is 3.17. The van der Waals surface area contributed by atoms with E-state index in [0.717, 1.165) is 5.39 Å². The molecule has 156 valence electrons. The number of carbonyl (C=O) groups is 1. The van der Waals surface area contributed by atoms with Crippen molar-refractivity contribution in [3.05, 3.63) is 81.8 Å². The number of benzene rings is 2. The number of hydrogen-bond donors (Lipinski definition) is 1. The Labute approximate surface area is 176 Å². The predicted octanol–water partition coefficient (Wildman–Crippen LogP) is 4.68. The van der Waals surface area contributed by atoms with Gasteiger partial charge in [0, 0.05) is 22.6 Å². The van der Waals surface area contributed by atoms with Crippen LogP contribution in [0.3, 0.4) is 0 Å². The predicted molar refractivity (Wildman–Crippen MR) is 113 cm³/mol. The number of rotatable bonds is 6. The fourth-order valence-electron chi connectivity index (χ4n) is 3.17. The molecule has 1 amide bonds. The molecule has 9 nitrogen and oxygen atoms in total. The van der Waals surface area contributed by atoms with Gasteiger partial charge in [-0.25, -0.2) is 5.43 Å². The van der Waals surface area contributed by atoms with Gasteiger partial charge in [-0.05, 0) is 31.2 Å². The highest BCUT2D eigenvalue weighted by molar-refractivity contribution is 5.97. The summed E-state index contributed by atoms with van der Waals surface area (Å²) in [7, 11) is 1.52. The van der Waals surface area contributed by atoms with Gasteiger partial charge in [0.25, 0.3) is 5.69 Å². The van der Waals surface area contributed by atoms with Crippen LogP contribution in [0, 0.1) is 17.0 Å².